The Morgan fingerprint density at radius 3 is 3.07 bits per heavy atom. The van der Waals surface area contributed by atoms with Gasteiger partial charge in [0.1, 0.15) is 5.76 Å². The van der Waals surface area contributed by atoms with E-state index >= 15 is 0 Å². The van der Waals surface area contributed by atoms with Gasteiger partial charge in [0.2, 0.25) is 0 Å². The summed E-state index contributed by atoms with van der Waals surface area (Å²) in [7, 11) is 1.32. The van der Waals surface area contributed by atoms with Crippen LogP contribution in [0, 0.1) is 5.92 Å². The second kappa shape index (κ2) is 3.18. The maximum atomic E-state index is 11.0. The molecule has 2 aliphatic rings. The molecule has 0 aliphatic heterocycles. The molecule has 3 heteroatoms. The molecule has 0 fully saturated rings. The first-order chi connectivity index (χ1) is 6.74. The molecule has 0 saturated carbocycles. The first-order valence-electron chi connectivity index (χ1n) is 4.32. The van der Waals surface area contributed by atoms with Crippen LogP contribution in [0.1, 0.15) is 0 Å². The molecule has 0 saturated heterocycles. The molecule has 0 spiro atoms. The highest BCUT2D eigenvalue weighted by Gasteiger charge is 2.33. The molecule has 0 bridgehead atoms. The highest BCUT2D eigenvalue weighted by Crippen LogP contribution is 2.42. The van der Waals surface area contributed by atoms with E-state index in [-0.39, 0.29) is 11.7 Å². The van der Waals surface area contributed by atoms with E-state index in [1.54, 1.807) is 0 Å². The lowest BCUT2D eigenvalue weighted by Crippen LogP contribution is -2.22. The number of rotatable bonds is 1. The van der Waals surface area contributed by atoms with Crippen LogP contribution in [0.3, 0.4) is 0 Å². The minimum absolute atomic E-state index is 0.0547. The fourth-order valence-electron chi connectivity index (χ4n) is 1.62. The van der Waals surface area contributed by atoms with E-state index in [0.717, 1.165) is 5.57 Å². The summed E-state index contributed by atoms with van der Waals surface area (Å²) in [4.78, 5) is 11.0. The van der Waals surface area contributed by atoms with Gasteiger partial charge >= 0.3 is 5.97 Å². The molecule has 0 aromatic heterocycles. The Kier molecular flexibility index (Phi) is 2.00. The number of aliphatic hydroxyl groups is 1. The highest BCUT2D eigenvalue weighted by atomic mass is 16.5. The van der Waals surface area contributed by atoms with Gasteiger partial charge in [-0.15, -0.1) is 0 Å². The predicted octanol–water partition coefficient (Wildman–Crippen LogP) is 1.65. The summed E-state index contributed by atoms with van der Waals surface area (Å²) < 4.78 is 4.49. The summed E-state index contributed by atoms with van der Waals surface area (Å²) in [5.74, 6) is -0.186. The highest BCUT2D eigenvalue weighted by molar-refractivity contribution is 5.85. The van der Waals surface area contributed by atoms with Gasteiger partial charge in [-0.05, 0) is 0 Å². The SMILES string of the molecule is COC(=O)/C=C1\C(O)=C2C=CC=CC21. The van der Waals surface area contributed by atoms with Gasteiger partial charge in [0.25, 0.3) is 0 Å². The minimum Gasteiger partial charge on any atom is -0.507 e. The van der Waals surface area contributed by atoms with Crippen LogP contribution in [0.15, 0.2) is 47.3 Å². The Morgan fingerprint density at radius 1 is 1.57 bits per heavy atom. The van der Waals surface area contributed by atoms with Gasteiger partial charge in [0.05, 0.1) is 7.11 Å². The Balaban J connectivity index is 2.31. The number of allylic oxidation sites excluding steroid dienone is 6. The van der Waals surface area contributed by atoms with E-state index in [4.69, 9.17) is 0 Å². The van der Waals surface area contributed by atoms with Crippen LogP contribution >= 0.6 is 0 Å². The molecule has 0 heterocycles. The van der Waals surface area contributed by atoms with E-state index in [2.05, 4.69) is 4.74 Å². The first kappa shape index (κ1) is 8.81. The number of aliphatic hydroxyl groups excluding tert-OH is 1. The Bertz CT molecular complexity index is 397. The van der Waals surface area contributed by atoms with Crippen LogP contribution in [-0.2, 0) is 9.53 Å². The fraction of sp³-hybridized carbons (Fsp3) is 0.182. The molecule has 0 aromatic rings. The summed E-state index contributed by atoms with van der Waals surface area (Å²) in [6.45, 7) is 0. The average molecular weight is 190 g/mol. The molecule has 1 atom stereocenters. The van der Waals surface area contributed by atoms with Gasteiger partial charge in [-0.2, -0.15) is 0 Å². The van der Waals surface area contributed by atoms with Crippen LogP contribution in [0.4, 0.5) is 0 Å². The average Bonchev–Trinajstić information content (AvgIpc) is 2.25. The number of esters is 1. The maximum Gasteiger partial charge on any atom is 0.330 e. The Labute approximate surface area is 81.7 Å². The van der Waals surface area contributed by atoms with Crippen LogP contribution < -0.4 is 0 Å². The quantitative estimate of drug-likeness (QED) is 0.505. The zero-order chi connectivity index (χ0) is 10.1. The molecule has 3 nitrogen and oxygen atoms in total. The van der Waals surface area contributed by atoms with Gasteiger partial charge in [0.15, 0.2) is 0 Å². The number of hydrogen-bond donors (Lipinski definition) is 1. The third-order valence-electron chi connectivity index (χ3n) is 2.38. The van der Waals surface area contributed by atoms with Crippen LogP contribution in [0.2, 0.25) is 0 Å². The van der Waals surface area contributed by atoms with Crippen molar-refractivity contribution < 1.29 is 14.6 Å². The molecular formula is C11H10O3. The summed E-state index contributed by atoms with van der Waals surface area (Å²) in [6, 6.07) is 0. The van der Waals surface area contributed by atoms with Crippen molar-refractivity contribution >= 4 is 5.97 Å². The topological polar surface area (TPSA) is 46.5 Å². The normalized spacial score (nSPS) is 26.1. The van der Waals surface area contributed by atoms with Gasteiger partial charge in [-0.1, -0.05) is 24.3 Å². The molecule has 2 rings (SSSR count). The van der Waals surface area contributed by atoms with Crippen molar-refractivity contribution in [2.24, 2.45) is 5.92 Å². The summed E-state index contributed by atoms with van der Waals surface area (Å²) in [5.41, 5.74) is 1.50. The van der Waals surface area contributed by atoms with E-state index < -0.39 is 5.97 Å². The Morgan fingerprint density at radius 2 is 2.36 bits per heavy atom. The van der Waals surface area contributed by atoms with E-state index in [1.807, 2.05) is 24.3 Å². The van der Waals surface area contributed by atoms with Crippen molar-refractivity contribution in [2.75, 3.05) is 7.11 Å². The minimum atomic E-state index is -0.437. The third-order valence-corrected chi connectivity index (χ3v) is 2.38. The second-order valence-corrected chi connectivity index (χ2v) is 3.15. The van der Waals surface area contributed by atoms with E-state index in [1.165, 1.54) is 13.2 Å². The Hall–Kier alpha value is -1.77. The monoisotopic (exact) mass is 190 g/mol. The van der Waals surface area contributed by atoms with Crippen molar-refractivity contribution in [3.05, 3.63) is 47.3 Å². The molecule has 0 radical (unpaired) electrons. The lowest BCUT2D eigenvalue weighted by Gasteiger charge is -2.30. The molecule has 14 heavy (non-hydrogen) atoms. The molecule has 72 valence electrons. The zero-order valence-electron chi connectivity index (χ0n) is 7.73. The van der Waals surface area contributed by atoms with Gasteiger partial charge in [-0.3, -0.25) is 0 Å². The van der Waals surface area contributed by atoms with Crippen LogP contribution in [0.25, 0.3) is 0 Å². The molecular weight excluding hydrogens is 180 g/mol. The van der Waals surface area contributed by atoms with Gasteiger partial charge in [-0.25, -0.2) is 4.79 Å². The number of fused-ring (bicyclic) bond motifs is 1. The number of methoxy groups -OCH3 is 1. The molecule has 2 aliphatic carbocycles. The van der Waals surface area contributed by atoms with Crippen molar-refractivity contribution in [2.45, 2.75) is 0 Å². The summed E-state index contributed by atoms with van der Waals surface area (Å²) in [5, 5.41) is 9.57. The number of carbonyl (C=O) groups excluding carboxylic acids is 1. The molecule has 1 unspecified atom stereocenters. The summed E-state index contributed by atoms with van der Waals surface area (Å²) in [6.07, 6.45) is 8.86. The zero-order valence-corrected chi connectivity index (χ0v) is 7.73. The van der Waals surface area contributed by atoms with Crippen molar-refractivity contribution in [3.63, 3.8) is 0 Å². The number of carbonyl (C=O) groups is 1. The molecule has 0 amide bonds. The standard InChI is InChI=1S/C11H10O3/c1-14-10(12)6-9-7-4-2-3-5-8(7)11(9)13/h2-7,13H,1H3/b9-6-. The van der Waals surface area contributed by atoms with E-state index in [9.17, 15) is 9.90 Å². The predicted molar refractivity (Wildman–Crippen MR) is 51.5 cm³/mol. The van der Waals surface area contributed by atoms with Crippen molar-refractivity contribution in [1.82, 2.24) is 0 Å². The smallest absolute Gasteiger partial charge is 0.330 e. The maximum absolute atomic E-state index is 11.0. The van der Waals surface area contributed by atoms with Crippen molar-refractivity contribution in [1.29, 1.82) is 0 Å². The molecule has 1 N–H and O–H groups in total. The van der Waals surface area contributed by atoms with Gasteiger partial charge < -0.3 is 9.84 Å². The second-order valence-electron chi connectivity index (χ2n) is 3.15. The number of ether oxygens (including phenoxy) is 1. The fourth-order valence-corrected chi connectivity index (χ4v) is 1.62. The third kappa shape index (κ3) is 1.18. The molecule has 0 aromatic carbocycles. The number of hydrogen-bond acceptors (Lipinski definition) is 3. The summed E-state index contributed by atoms with van der Waals surface area (Å²) >= 11 is 0. The van der Waals surface area contributed by atoms with Crippen molar-refractivity contribution in [3.8, 4) is 0 Å². The van der Waals surface area contributed by atoms with Gasteiger partial charge in [0, 0.05) is 23.1 Å². The van der Waals surface area contributed by atoms with Crippen LogP contribution in [0.5, 0.6) is 0 Å². The largest absolute Gasteiger partial charge is 0.507 e. The first-order valence-corrected chi connectivity index (χ1v) is 4.32. The van der Waals surface area contributed by atoms with E-state index in [0.29, 0.717) is 5.57 Å². The van der Waals surface area contributed by atoms with Crippen LogP contribution in [-0.4, -0.2) is 18.2 Å². The lowest BCUT2D eigenvalue weighted by atomic mass is 9.75. The lowest BCUT2D eigenvalue weighted by molar-refractivity contribution is -0.134.